The first kappa shape index (κ1) is 40.1. The van der Waals surface area contributed by atoms with Crippen LogP contribution in [0.15, 0.2) is 273 Å². The Morgan fingerprint density at radius 2 is 0.754 bits per heavy atom. The van der Waals surface area contributed by atoms with Gasteiger partial charge in [-0.05, 0) is 129 Å². The lowest BCUT2D eigenvalue weighted by atomic mass is 9.95. The van der Waals surface area contributed by atoms with Gasteiger partial charge in [-0.15, -0.1) is 0 Å². The molecule has 0 atom stereocenters. The van der Waals surface area contributed by atoms with Crippen molar-refractivity contribution in [3.63, 3.8) is 0 Å². The first-order chi connectivity index (χ1) is 34.2. The average molecular weight is 880 g/mol. The van der Waals surface area contributed by atoms with Crippen LogP contribution in [0.5, 0.6) is 0 Å². The van der Waals surface area contributed by atoms with Crippen LogP contribution < -0.4 is 9.80 Å². The molecule has 0 aliphatic rings. The summed E-state index contributed by atoms with van der Waals surface area (Å²) in [5.41, 5.74) is 14.9. The van der Waals surface area contributed by atoms with Crippen molar-refractivity contribution in [2.75, 3.05) is 9.80 Å². The Bertz CT molecular complexity index is 4000. The molecule has 12 aromatic carbocycles. The summed E-state index contributed by atoms with van der Waals surface area (Å²) in [4.78, 5) is 4.83. The Hall–Kier alpha value is -9.18. The second-order valence-electron chi connectivity index (χ2n) is 17.7. The third-order valence-corrected chi connectivity index (χ3v) is 13.7. The molecular formula is C66H45N3. The van der Waals surface area contributed by atoms with Crippen molar-refractivity contribution in [1.82, 2.24) is 4.57 Å². The minimum atomic E-state index is 1.09. The highest BCUT2D eigenvalue weighted by atomic mass is 15.1. The van der Waals surface area contributed by atoms with Crippen LogP contribution in [0.4, 0.5) is 34.1 Å². The van der Waals surface area contributed by atoms with Crippen LogP contribution in [0, 0.1) is 0 Å². The summed E-state index contributed by atoms with van der Waals surface area (Å²) in [6, 6.07) is 99.2. The zero-order chi connectivity index (χ0) is 45.7. The number of aromatic nitrogens is 1. The fraction of sp³-hybridized carbons (Fsp3) is 0. The molecule has 13 aromatic rings. The van der Waals surface area contributed by atoms with Crippen LogP contribution in [0.2, 0.25) is 0 Å². The van der Waals surface area contributed by atoms with Crippen LogP contribution in [-0.2, 0) is 0 Å². The monoisotopic (exact) mass is 879 g/mol. The maximum Gasteiger partial charge on any atom is 0.0542 e. The molecule has 0 N–H and O–H groups in total. The Labute approximate surface area is 401 Å². The normalized spacial score (nSPS) is 11.5. The number of fused-ring (bicyclic) bond motifs is 6. The third kappa shape index (κ3) is 7.08. The molecule has 0 spiro atoms. The molecule has 324 valence electrons. The fourth-order valence-electron chi connectivity index (χ4n) is 10.5. The predicted molar refractivity (Wildman–Crippen MR) is 294 cm³/mol. The molecule has 0 amide bonds. The van der Waals surface area contributed by atoms with E-state index in [0.717, 1.165) is 45.4 Å². The van der Waals surface area contributed by atoms with Gasteiger partial charge in [0.1, 0.15) is 0 Å². The second-order valence-corrected chi connectivity index (χ2v) is 17.7. The Balaban J connectivity index is 0.936. The first-order valence-electron chi connectivity index (χ1n) is 23.7. The van der Waals surface area contributed by atoms with E-state index in [1.807, 2.05) is 0 Å². The van der Waals surface area contributed by atoms with E-state index in [1.165, 1.54) is 70.8 Å². The van der Waals surface area contributed by atoms with Crippen LogP contribution in [-0.4, -0.2) is 4.57 Å². The lowest BCUT2D eigenvalue weighted by Gasteiger charge is -2.28. The molecule has 3 nitrogen and oxygen atoms in total. The Morgan fingerprint density at radius 1 is 0.246 bits per heavy atom. The molecule has 0 aliphatic carbocycles. The largest absolute Gasteiger partial charge is 0.310 e. The number of anilines is 6. The van der Waals surface area contributed by atoms with Crippen molar-refractivity contribution >= 4 is 88.2 Å². The zero-order valence-electron chi connectivity index (χ0n) is 37.8. The summed E-state index contributed by atoms with van der Waals surface area (Å²) in [6.45, 7) is 0. The molecule has 0 saturated heterocycles. The molecular weight excluding hydrogens is 835 g/mol. The van der Waals surface area contributed by atoms with Gasteiger partial charge in [0.15, 0.2) is 0 Å². The molecule has 0 aliphatic heterocycles. The highest BCUT2D eigenvalue weighted by Gasteiger charge is 2.21. The van der Waals surface area contributed by atoms with Gasteiger partial charge in [-0.1, -0.05) is 188 Å². The molecule has 13 rings (SSSR count). The van der Waals surface area contributed by atoms with E-state index in [0.29, 0.717) is 0 Å². The van der Waals surface area contributed by atoms with Crippen molar-refractivity contribution in [2.45, 2.75) is 0 Å². The highest BCUT2D eigenvalue weighted by molar-refractivity contribution is 6.12. The lowest BCUT2D eigenvalue weighted by Crippen LogP contribution is -2.11. The quantitative estimate of drug-likeness (QED) is 0.143. The topological polar surface area (TPSA) is 11.4 Å². The molecule has 3 heteroatoms. The molecule has 0 bridgehead atoms. The molecule has 1 aromatic heterocycles. The van der Waals surface area contributed by atoms with Gasteiger partial charge in [0, 0.05) is 50.0 Å². The maximum absolute atomic E-state index is 2.42. The van der Waals surface area contributed by atoms with Crippen LogP contribution in [0.1, 0.15) is 0 Å². The van der Waals surface area contributed by atoms with Gasteiger partial charge >= 0.3 is 0 Å². The van der Waals surface area contributed by atoms with E-state index < -0.39 is 0 Å². The SMILES string of the molecule is c1ccc(-c2ccc(N(c3ccc4ccccc4c3)c3ccc(-c4ccc(N(c5ccc6c(c5)c5ccccc5n6-c5ccccc5)c5cccc6ccccc56)cc4)c4ccccc34)cc2)cc1. The molecule has 0 unspecified atom stereocenters. The van der Waals surface area contributed by atoms with Crippen molar-refractivity contribution in [3.8, 4) is 27.9 Å². The molecule has 0 radical (unpaired) electrons. The van der Waals surface area contributed by atoms with Crippen molar-refractivity contribution in [3.05, 3.63) is 273 Å². The van der Waals surface area contributed by atoms with Crippen molar-refractivity contribution < 1.29 is 0 Å². The first-order valence-corrected chi connectivity index (χ1v) is 23.7. The Morgan fingerprint density at radius 3 is 1.51 bits per heavy atom. The predicted octanol–water partition coefficient (Wildman–Crippen LogP) is 18.5. The minimum Gasteiger partial charge on any atom is -0.310 e. The van der Waals surface area contributed by atoms with E-state index in [-0.39, 0.29) is 0 Å². The average Bonchev–Trinajstić information content (AvgIpc) is 3.76. The van der Waals surface area contributed by atoms with Gasteiger partial charge in [0.2, 0.25) is 0 Å². The van der Waals surface area contributed by atoms with Gasteiger partial charge in [-0.25, -0.2) is 0 Å². The van der Waals surface area contributed by atoms with Crippen molar-refractivity contribution in [2.24, 2.45) is 0 Å². The number of para-hydroxylation sites is 2. The summed E-state index contributed by atoms with van der Waals surface area (Å²) in [6.07, 6.45) is 0. The standard InChI is InChI=1S/C66H45N3/c1-3-16-46(17-4-1)48-30-35-53(36-31-48)67(55-39-32-47-18-7-8-20-51(47)44-55)65-43-41-57(59-25-11-12-26-60(59)65)50-33-37-54(38-34-50)68(63-29-15-21-49-19-9-10-24-58(49)63)56-40-42-66-62(45-56)61-27-13-14-28-64(61)69(66)52-22-5-2-6-23-52/h1-45H. The number of nitrogens with zero attached hydrogens (tertiary/aromatic N) is 3. The van der Waals surface area contributed by atoms with Crippen LogP contribution in [0.25, 0.3) is 82.1 Å². The molecule has 0 saturated carbocycles. The Kier molecular flexibility index (Phi) is 9.84. The van der Waals surface area contributed by atoms with E-state index >= 15 is 0 Å². The lowest BCUT2D eigenvalue weighted by molar-refractivity contribution is 1.18. The van der Waals surface area contributed by atoms with Gasteiger partial charge in [0.25, 0.3) is 0 Å². The van der Waals surface area contributed by atoms with Gasteiger partial charge in [-0.2, -0.15) is 0 Å². The maximum atomic E-state index is 2.42. The summed E-state index contributed by atoms with van der Waals surface area (Å²) in [5, 5.41) is 9.64. The van der Waals surface area contributed by atoms with Gasteiger partial charge in [0.05, 0.1) is 22.4 Å². The summed E-state index contributed by atoms with van der Waals surface area (Å²) < 4.78 is 2.38. The molecule has 1 heterocycles. The number of hydrogen-bond donors (Lipinski definition) is 0. The number of benzene rings is 12. The molecule has 0 fully saturated rings. The number of hydrogen-bond acceptors (Lipinski definition) is 2. The van der Waals surface area contributed by atoms with Crippen LogP contribution in [0.3, 0.4) is 0 Å². The van der Waals surface area contributed by atoms with Crippen LogP contribution >= 0.6 is 0 Å². The fourth-order valence-corrected chi connectivity index (χ4v) is 10.5. The van der Waals surface area contributed by atoms with E-state index in [9.17, 15) is 0 Å². The summed E-state index contributed by atoms with van der Waals surface area (Å²) in [5.74, 6) is 0. The molecule has 69 heavy (non-hydrogen) atoms. The third-order valence-electron chi connectivity index (χ3n) is 13.7. The highest BCUT2D eigenvalue weighted by Crippen LogP contribution is 2.46. The van der Waals surface area contributed by atoms with Gasteiger partial charge in [-0.3, -0.25) is 0 Å². The number of rotatable bonds is 9. The zero-order valence-corrected chi connectivity index (χ0v) is 37.8. The second kappa shape index (κ2) is 16.9. The smallest absolute Gasteiger partial charge is 0.0542 e. The summed E-state index contributed by atoms with van der Waals surface area (Å²) >= 11 is 0. The van der Waals surface area contributed by atoms with E-state index in [2.05, 4.69) is 287 Å². The van der Waals surface area contributed by atoms with Gasteiger partial charge < -0.3 is 14.4 Å². The van der Waals surface area contributed by atoms with Crippen molar-refractivity contribution in [1.29, 1.82) is 0 Å². The summed E-state index contributed by atoms with van der Waals surface area (Å²) in [7, 11) is 0. The van der Waals surface area contributed by atoms with E-state index in [4.69, 9.17) is 0 Å². The minimum absolute atomic E-state index is 1.09. The van der Waals surface area contributed by atoms with E-state index in [1.54, 1.807) is 0 Å².